The Labute approximate surface area is 108 Å². The molecule has 1 saturated carbocycles. The van der Waals surface area contributed by atoms with Gasteiger partial charge in [0.25, 0.3) is 0 Å². The first-order valence-corrected chi connectivity index (χ1v) is 7.22. The van der Waals surface area contributed by atoms with Crippen molar-refractivity contribution in [3.8, 4) is 0 Å². The van der Waals surface area contributed by atoms with Crippen LogP contribution in [0.15, 0.2) is 0 Å². The first-order chi connectivity index (χ1) is 7.82. The van der Waals surface area contributed by atoms with E-state index in [1.165, 1.54) is 32.1 Å². The predicted octanol–water partition coefficient (Wildman–Crippen LogP) is 3.26. The first-order valence-electron chi connectivity index (χ1n) is 7.22. The molecule has 1 fully saturated rings. The molecule has 0 bridgehead atoms. The Morgan fingerprint density at radius 1 is 1.29 bits per heavy atom. The molecule has 1 unspecified atom stereocenters. The molecule has 0 radical (unpaired) electrons. The Morgan fingerprint density at radius 3 is 2.24 bits per heavy atom. The topological polar surface area (TPSA) is 29.3 Å². The summed E-state index contributed by atoms with van der Waals surface area (Å²) in [6, 6.07) is 0.778. The Bertz CT molecular complexity index is 221. The van der Waals surface area contributed by atoms with E-state index in [0.717, 1.165) is 19.1 Å². The molecule has 0 aliphatic heterocycles. The highest BCUT2D eigenvalue weighted by Gasteiger charge is 2.31. The van der Waals surface area contributed by atoms with Crippen molar-refractivity contribution in [1.29, 1.82) is 0 Å². The zero-order chi connectivity index (χ0) is 13.1. The van der Waals surface area contributed by atoms with Gasteiger partial charge in [0.2, 0.25) is 0 Å². The summed E-state index contributed by atoms with van der Waals surface area (Å²) in [6.45, 7) is 11.3. The van der Waals surface area contributed by atoms with Gasteiger partial charge in [-0.15, -0.1) is 0 Å². The predicted molar refractivity (Wildman–Crippen MR) is 76.1 cm³/mol. The van der Waals surface area contributed by atoms with Crippen LogP contribution in [0.25, 0.3) is 0 Å². The van der Waals surface area contributed by atoms with E-state index in [2.05, 4.69) is 39.6 Å². The van der Waals surface area contributed by atoms with Crippen molar-refractivity contribution in [2.45, 2.75) is 65.8 Å². The van der Waals surface area contributed by atoms with Crippen LogP contribution in [0.3, 0.4) is 0 Å². The minimum atomic E-state index is 0.293. The minimum Gasteiger partial charge on any atom is -0.330 e. The summed E-state index contributed by atoms with van der Waals surface area (Å²) in [5, 5.41) is 0. The summed E-state index contributed by atoms with van der Waals surface area (Å²) < 4.78 is 0. The smallest absolute Gasteiger partial charge is 0.00928 e. The van der Waals surface area contributed by atoms with E-state index in [-0.39, 0.29) is 0 Å². The van der Waals surface area contributed by atoms with Gasteiger partial charge >= 0.3 is 0 Å². The van der Waals surface area contributed by atoms with E-state index in [1.54, 1.807) is 0 Å². The number of hydrogen-bond donors (Lipinski definition) is 1. The van der Waals surface area contributed by atoms with Crippen LogP contribution in [-0.4, -0.2) is 31.1 Å². The van der Waals surface area contributed by atoms with Gasteiger partial charge in [0.05, 0.1) is 0 Å². The highest BCUT2D eigenvalue weighted by Crippen LogP contribution is 2.37. The monoisotopic (exact) mass is 240 g/mol. The van der Waals surface area contributed by atoms with Gasteiger partial charge < -0.3 is 10.6 Å². The van der Waals surface area contributed by atoms with E-state index in [4.69, 9.17) is 5.73 Å². The van der Waals surface area contributed by atoms with Crippen molar-refractivity contribution in [1.82, 2.24) is 4.90 Å². The third kappa shape index (κ3) is 4.26. The van der Waals surface area contributed by atoms with Crippen LogP contribution in [0.4, 0.5) is 0 Å². The zero-order valence-electron chi connectivity index (χ0n) is 12.6. The summed E-state index contributed by atoms with van der Waals surface area (Å²) in [5.41, 5.74) is 6.77. The van der Waals surface area contributed by atoms with Crippen molar-refractivity contribution >= 4 is 0 Å². The molecule has 0 aromatic rings. The van der Waals surface area contributed by atoms with Crippen molar-refractivity contribution in [3.05, 3.63) is 0 Å². The lowest BCUT2D eigenvalue weighted by atomic mass is 9.75. The molecule has 0 spiro atoms. The lowest BCUT2D eigenvalue weighted by Crippen LogP contribution is -2.45. The highest BCUT2D eigenvalue weighted by molar-refractivity contribution is 4.86. The number of nitrogens with two attached hydrogens (primary N) is 1. The Hall–Kier alpha value is -0.0800. The van der Waals surface area contributed by atoms with E-state index in [1.807, 2.05) is 0 Å². The van der Waals surface area contributed by atoms with Gasteiger partial charge in [-0.25, -0.2) is 0 Å². The molecule has 1 aliphatic rings. The van der Waals surface area contributed by atoms with Crippen LogP contribution < -0.4 is 5.73 Å². The summed E-state index contributed by atoms with van der Waals surface area (Å²) >= 11 is 0. The number of rotatable bonds is 5. The fourth-order valence-corrected chi connectivity index (χ4v) is 2.88. The normalized spacial score (nSPS) is 24.9. The average molecular weight is 240 g/mol. The van der Waals surface area contributed by atoms with Crippen LogP contribution in [0.2, 0.25) is 0 Å². The fourth-order valence-electron chi connectivity index (χ4n) is 2.88. The molecule has 0 heterocycles. The highest BCUT2D eigenvalue weighted by atomic mass is 15.1. The summed E-state index contributed by atoms with van der Waals surface area (Å²) in [6.07, 6.45) is 6.62. The second-order valence-electron chi connectivity index (χ2n) is 7.18. The maximum Gasteiger partial charge on any atom is 0.00928 e. The molecular formula is C15H32N2. The van der Waals surface area contributed by atoms with Crippen LogP contribution in [0.1, 0.15) is 59.8 Å². The molecule has 2 nitrogen and oxygen atoms in total. The van der Waals surface area contributed by atoms with Crippen LogP contribution >= 0.6 is 0 Å². The third-order valence-corrected chi connectivity index (χ3v) is 4.91. The van der Waals surface area contributed by atoms with Crippen LogP contribution in [0, 0.1) is 10.8 Å². The lowest BCUT2D eigenvalue weighted by molar-refractivity contribution is 0.0905. The molecular weight excluding hydrogens is 208 g/mol. The SMILES string of the molecule is CCC(C)(CN)CN(C)C1CCC(C)(C)CC1. The number of hydrogen-bond acceptors (Lipinski definition) is 2. The molecule has 17 heavy (non-hydrogen) atoms. The van der Waals surface area contributed by atoms with Crippen molar-refractivity contribution < 1.29 is 0 Å². The largest absolute Gasteiger partial charge is 0.330 e. The van der Waals surface area contributed by atoms with Crippen molar-refractivity contribution in [2.24, 2.45) is 16.6 Å². The molecule has 2 heteroatoms. The van der Waals surface area contributed by atoms with Crippen molar-refractivity contribution in [2.75, 3.05) is 20.1 Å². The lowest BCUT2D eigenvalue weighted by Gasteiger charge is -2.41. The van der Waals surface area contributed by atoms with Gasteiger partial charge in [0.1, 0.15) is 0 Å². The van der Waals surface area contributed by atoms with Crippen molar-refractivity contribution in [3.63, 3.8) is 0 Å². The molecule has 1 aliphatic carbocycles. The standard InChI is InChI=1S/C15H32N2/c1-6-15(4,11-16)12-17(5)13-7-9-14(2,3)10-8-13/h13H,6-12,16H2,1-5H3. The maximum absolute atomic E-state index is 5.91. The molecule has 0 amide bonds. The summed E-state index contributed by atoms with van der Waals surface area (Å²) in [5.74, 6) is 0. The van der Waals surface area contributed by atoms with Gasteiger partial charge in [-0.05, 0) is 56.5 Å². The summed E-state index contributed by atoms with van der Waals surface area (Å²) in [4.78, 5) is 2.56. The van der Waals surface area contributed by atoms with E-state index < -0.39 is 0 Å². The van der Waals surface area contributed by atoms with Gasteiger partial charge in [0, 0.05) is 12.6 Å². The average Bonchev–Trinajstić information content (AvgIpc) is 2.28. The molecule has 0 aromatic carbocycles. The second-order valence-corrected chi connectivity index (χ2v) is 7.18. The Kier molecular flexibility index (Phi) is 5.03. The molecule has 1 rings (SSSR count). The quantitative estimate of drug-likeness (QED) is 0.799. The van der Waals surface area contributed by atoms with Gasteiger partial charge in [0.15, 0.2) is 0 Å². The molecule has 0 saturated heterocycles. The molecule has 102 valence electrons. The van der Waals surface area contributed by atoms with Crippen LogP contribution in [0.5, 0.6) is 0 Å². The first kappa shape index (κ1) is 15.0. The van der Waals surface area contributed by atoms with E-state index in [9.17, 15) is 0 Å². The zero-order valence-corrected chi connectivity index (χ0v) is 12.6. The minimum absolute atomic E-state index is 0.293. The Balaban J connectivity index is 2.46. The molecule has 2 N–H and O–H groups in total. The molecule has 0 aromatic heterocycles. The second kappa shape index (κ2) is 5.71. The molecule has 1 atom stereocenters. The van der Waals surface area contributed by atoms with Gasteiger partial charge in [-0.2, -0.15) is 0 Å². The van der Waals surface area contributed by atoms with Gasteiger partial charge in [-0.3, -0.25) is 0 Å². The fraction of sp³-hybridized carbons (Fsp3) is 1.00. The Morgan fingerprint density at radius 2 is 1.82 bits per heavy atom. The van der Waals surface area contributed by atoms with E-state index in [0.29, 0.717) is 10.8 Å². The maximum atomic E-state index is 5.91. The summed E-state index contributed by atoms with van der Waals surface area (Å²) in [7, 11) is 2.28. The van der Waals surface area contributed by atoms with Gasteiger partial charge in [-0.1, -0.05) is 27.7 Å². The number of nitrogens with zero attached hydrogens (tertiary/aromatic N) is 1. The third-order valence-electron chi connectivity index (χ3n) is 4.91. The van der Waals surface area contributed by atoms with E-state index >= 15 is 0 Å². The van der Waals surface area contributed by atoms with Crippen LogP contribution in [-0.2, 0) is 0 Å².